The lowest BCUT2D eigenvalue weighted by Gasteiger charge is -2.35. The van der Waals surface area contributed by atoms with Gasteiger partial charge in [0.2, 0.25) is 5.91 Å². The van der Waals surface area contributed by atoms with E-state index >= 15 is 0 Å². The first-order valence-electron chi connectivity index (χ1n) is 8.48. The van der Waals surface area contributed by atoms with Gasteiger partial charge in [0.25, 0.3) is 0 Å². The van der Waals surface area contributed by atoms with Gasteiger partial charge < -0.3 is 15.0 Å². The summed E-state index contributed by atoms with van der Waals surface area (Å²) >= 11 is 0. The summed E-state index contributed by atoms with van der Waals surface area (Å²) in [6, 6.07) is 18.0. The van der Waals surface area contributed by atoms with Crippen molar-refractivity contribution in [2.24, 2.45) is 0 Å². The molecule has 1 heterocycles. The topological polar surface area (TPSA) is 41.6 Å². The van der Waals surface area contributed by atoms with Crippen LogP contribution in [0.15, 0.2) is 54.6 Å². The molecule has 1 saturated heterocycles. The maximum atomic E-state index is 13.0. The van der Waals surface area contributed by atoms with E-state index in [-0.39, 0.29) is 11.9 Å². The largest absolute Gasteiger partial charge is 0.497 e. The highest BCUT2D eigenvalue weighted by Gasteiger charge is 2.26. The predicted octanol–water partition coefficient (Wildman–Crippen LogP) is 3.02. The molecule has 1 aliphatic rings. The molecule has 0 radical (unpaired) electrons. The van der Waals surface area contributed by atoms with Gasteiger partial charge >= 0.3 is 0 Å². The Balaban J connectivity index is 1.79. The number of amides is 1. The number of carbonyl (C=O) groups is 1. The van der Waals surface area contributed by atoms with Crippen molar-refractivity contribution in [1.29, 1.82) is 0 Å². The van der Waals surface area contributed by atoms with Gasteiger partial charge in [0.15, 0.2) is 0 Å². The Bertz CT molecular complexity index is 649. The second-order valence-corrected chi connectivity index (χ2v) is 6.11. The molecule has 2 aromatic carbocycles. The van der Waals surface area contributed by atoms with Crippen molar-refractivity contribution >= 4 is 11.6 Å². The molecule has 0 unspecified atom stereocenters. The zero-order valence-electron chi connectivity index (χ0n) is 14.1. The van der Waals surface area contributed by atoms with Gasteiger partial charge in [-0.1, -0.05) is 30.3 Å². The summed E-state index contributed by atoms with van der Waals surface area (Å²) in [5.41, 5.74) is 2.00. The Labute approximate surface area is 143 Å². The number of benzene rings is 2. The molecule has 1 fully saturated rings. The minimum Gasteiger partial charge on any atom is -0.497 e. The Hall–Kier alpha value is -2.33. The Morgan fingerprint density at radius 3 is 2.38 bits per heavy atom. The fourth-order valence-electron chi connectivity index (χ4n) is 3.22. The average molecular weight is 324 g/mol. The lowest BCUT2D eigenvalue weighted by molar-refractivity contribution is -0.118. The van der Waals surface area contributed by atoms with Crippen molar-refractivity contribution in [2.45, 2.75) is 25.3 Å². The maximum absolute atomic E-state index is 13.0. The molecule has 4 nitrogen and oxygen atoms in total. The van der Waals surface area contributed by atoms with E-state index in [9.17, 15) is 4.79 Å². The Morgan fingerprint density at radius 1 is 1.08 bits per heavy atom. The molecular formula is C20H24N2O2. The van der Waals surface area contributed by atoms with Gasteiger partial charge in [0.05, 0.1) is 13.5 Å². The lowest BCUT2D eigenvalue weighted by Crippen LogP contribution is -2.47. The van der Waals surface area contributed by atoms with Crippen molar-refractivity contribution in [2.75, 3.05) is 25.1 Å². The molecule has 1 aliphatic heterocycles. The van der Waals surface area contributed by atoms with Crippen molar-refractivity contribution < 1.29 is 9.53 Å². The molecule has 24 heavy (non-hydrogen) atoms. The highest BCUT2D eigenvalue weighted by atomic mass is 16.5. The van der Waals surface area contributed by atoms with E-state index in [1.807, 2.05) is 59.5 Å². The highest BCUT2D eigenvalue weighted by molar-refractivity contribution is 5.95. The van der Waals surface area contributed by atoms with E-state index in [1.54, 1.807) is 7.11 Å². The molecular weight excluding hydrogens is 300 g/mol. The molecule has 1 amide bonds. The van der Waals surface area contributed by atoms with Crippen LogP contribution in [0.2, 0.25) is 0 Å². The van der Waals surface area contributed by atoms with Crippen molar-refractivity contribution in [3.63, 3.8) is 0 Å². The maximum Gasteiger partial charge on any atom is 0.231 e. The van der Waals surface area contributed by atoms with Gasteiger partial charge in [-0.05, 0) is 55.8 Å². The van der Waals surface area contributed by atoms with Crippen LogP contribution in [0.25, 0.3) is 0 Å². The normalized spacial score (nSPS) is 15.0. The third-order valence-electron chi connectivity index (χ3n) is 4.49. The van der Waals surface area contributed by atoms with Crippen LogP contribution in [0.1, 0.15) is 18.4 Å². The number of nitrogens with one attached hydrogen (secondary N) is 1. The van der Waals surface area contributed by atoms with Gasteiger partial charge in [-0.25, -0.2) is 0 Å². The van der Waals surface area contributed by atoms with E-state index in [0.717, 1.165) is 42.9 Å². The van der Waals surface area contributed by atoms with Gasteiger partial charge in [-0.15, -0.1) is 0 Å². The Kier molecular flexibility index (Phi) is 5.49. The smallest absolute Gasteiger partial charge is 0.231 e. The summed E-state index contributed by atoms with van der Waals surface area (Å²) in [4.78, 5) is 15.0. The van der Waals surface area contributed by atoms with Crippen molar-refractivity contribution in [3.05, 3.63) is 60.2 Å². The molecule has 2 aromatic rings. The number of piperidine rings is 1. The number of methoxy groups -OCH3 is 1. The van der Waals surface area contributed by atoms with Crippen LogP contribution < -0.4 is 15.0 Å². The fourth-order valence-corrected chi connectivity index (χ4v) is 3.22. The molecule has 4 heteroatoms. The monoisotopic (exact) mass is 324 g/mol. The number of carbonyl (C=O) groups excluding carboxylic acids is 1. The predicted molar refractivity (Wildman–Crippen MR) is 96.5 cm³/mol. The highest BCUT2D eigenvalue weighted by Crippen LogP contribution is 2.23. The molecule has 0 bridgehead atoms. The first-order chi connectivity index (χ1) is 11.8. The molecule has 0 aromatic heterocycles. The summed E-state index contributed by atoms with van der Waals surface area (Å²) < 4.78 is 5.18. The van der Waals surface area contributed by atoms with Gasteiger partial charge in [0.1, 0.15) is 5.75 Å². The van der Waals surface area contributed by atoms with Crippen LogP contribution in [0.5, 0.6) is 5.75 Å². The van der Waals surface area contributed by atoms with E-state index in [1.165, 1.54) is 0 Å². The minimum atomic E-state index is 0.151. The van der Waals surface area contributed by atoms with Gasteiger partial charge in [0, 0.05) is 11.7 Å². The van der Waals surface area contributed by atoms with Crippen LogP contribution >= 0.6 is 0 Å². The van der Waals surface area contributed by atoms with Crippen molar-refractivity contribution in [3.8, 4) is 5.75 Å². The minimum absolute atomic E-state index is 0.151. The molecule has 1 N–H and O–H groups in total. The van der Waals surface area contributed by atoms with E-state index < -0.39 is 0 Å². The third kappa shape index (κ3) is 3.95. The molecule has 0 aliphatic carbocycles. The van der Waals surface area contributed by atoms with Crippen LogP contribution in [0.4, 0.5) is 5.69 Å². The average Bonchev–Trinajstić information content (AvgIpc) is 2.64. The Morgan fingerprint density at radius 2 is 1.75 bits per heavy atom. The number of hydrogen-bond acceptors (Lipinski definition) is 3. The van der Waals surface area contributed by atoms with Crippen LogP contribution in [0.3, 0.4) is 0 Å². The molecule has 0 atom stereocenters. The SMILES string of the molecule is COc1ccc(CC(=O)N(c2ccccc2)C2CCNCC2)cc1. The quantitative estimate of drug-likeness (QED) is 0.919. The summed E-state index contributed by atoms with van der Waals surface area (Å²) in [5, 5.41) is 3.37. The second-order valence-electron chi connectivity index (χ2n) is 6.11. The molecule has 3 rings (SSSR count). The van der Waals surface area contributed by atoms with Crippen LogP contribution in [0, 0.1) is 0 Å². The zero-order valence-corrected chi connectivity index (χ0v) is 14.1. The summed E-state index contributed by atoms with van der Waals surface area (Å²) in [7, 11) is 1.65. The number of ether oxygens (including phenoxy) is 1. The number of para-hydroxylation sites is 1. The zero-order chi connectivity index (χ0) is 16.8. The van der Waals surface area contributed by atoms with Crippen LogP contribution in [-0.2, 0) is 11.2 Å². The fraction of sp³-hybridized carbons (Fsp3) is 0.350. The molecule has 126 valence electrons. The van der Waals surface area contributed by atoms with E-state index in [2.05, 4.69) is 5.32 Å². The number of rotatable bonds is 5. The summed E-state index contributed by atoms with van der Waals surface area (Å²) in [6.07, 6.45) is 2.38. The number of hydrogen-bond donors (Lipinski definition) is 1. The molecule has 0 spiro atoms. The van der Waals surface area contributed by atoms with E-state index in [0.29, 0.717) is 6.42 Å². The first-order valence-corrected chi connectivity index (χ1v) is 8.48. The standard InChI is InChI=1S/C20H24N2O2/c1-24-19-9-7-16(8-10-19)15-20(23)22(17-5-3-2-4-6-17)18-11-13-21-14-12-18/h2-10,18,21H,11-15H2,1H3. The van der Waals surface area contributed by atoms with Crippen LogP contribution in [-0.4, -0.2) is 32.1 Å². The second kappa shape index (κ2) is 7.97. The van der Waals surface area contributed by atoms with Gasteiger partial charge in [-0.3, -0.25) is 4.79 Å². The summed E-state index contributed by atoms with van der Waals surface area (Å²) in [5.74, 6) is 0.961. The third-order valence-corrected chi connectivity index (χ3v) is 4.49. The lowest BCUT2D eigenvalue weighted by atomic mass is 10.0. The first kappa shape index (κ1) is 16.5. The van der Waals surface area contributed by atoms with E-state index in [4.69, 9.17) is 4.74 Å². The van der Waals surface area contributed by atoms with Gasteiger partial charge in [-0.2, -0.15) is 0 Å². The number of nitrogens with zero attached hydrogens (tertiary/aromatic N) is 1. The summed E-state index contributed by atoms with van der Waals surface area (Å²) in [6.45, 7) is 1.92. The molecule has 0 saturated carbocycles. The van der Waals surface area contributed by atoms with Crippen molar-refractivity contribution in [1.82, 2.24) is 5.32 Å². The number of anilines is 1.